The Kier molecular flexibility index (Phi) is 7.32. The second kappa shape index (κ2) is 10.6. The zero-order valence-corrected chi connectivity index (χ0v) is 19.0. The van der Waals surface area contributed by atoms with Crippen LogP contribution >= 0.6 is 0 Å². The second-order valence-electron chi connectivity index (χ2n) is 9.03. The molecule has 4 heterocycles. The van der Waals surface area contributed by atoms with Crippen LogP contribution in [0, 0.1) is 5.92 Å². The van der Waals surface area contributed by atoms with Crippen LogP contribution in [0.4, 0.5) is 5.82 Å². The van der Waals surface area contributed by atoms with E-state index in [0.717, 1.165) is 49.3 Å². The monoisotopic (exact) mass is 449 g/mol. The van der Waals surface area contributed by atoms with E-state index in [4.69, 9.17) is 4.98 Å². The highest BCUT2D eigenvalue weighted by Gasteiger charge is 2.28. The van der Waals surface area contributed by atoms with E-state index in [-0.39, 0.29) is 30.4 Å². The van der Waals surface area contributed by atoms with Crippen molar-refractivity contribution >= 4 is 23.4 Å². The van der Waals surface area contributed by atoms with Crippen molar-refractivity contribution in [3.63, 3.8) is 0 Å². The molecule has 2 aromatic rings. The Labute approximate surface area is 194 Å². The fraction of sp³-hybridized carbons (Fsp3) is 0.480. The lowest BCUT2D eigenvalue weighted by Gasteiger charge is -2.20. The Morgan fingerprint density at radius 3 is 2.94 bits per heavy atom. The van der Waals surface area contributed by atoms with E-state index in [1.165, 1.54) is 12.5 Å². The largest absolute Gasteiger partial charge is 0.370 e. The Balaban J connectivity index is 1.29. The van der Waals surface area contributed by atoms with Crippen molar-refractivity contribution < 1.29 is 14.4 Å². The highest BCUT2D eigenvalue weighted by atomic mass is 16.2. The van der Waals surface area contributed by atoms with Crippen LogP contribution < -0.4 is 10.6 Å². The van der Waals surface area contributed by atoms with Crippen LogP contribution in [0.5, 0.6) is 0 Å². The van der Waals surface area contributed by atoms with E-state index in [1.54, 1.807) is 23.4 Å². The van der Waals surface area contributed by atoms with Gasteiger partial charge in [0.05, 0.1) is 6.04 Å². The van der Waals surface area contributed by atoms with Gasteiger partial charge in [0, 0.05) is 44.1 Å². The molecular formula is C25H31N5O3. The Morgan fingerprint density at radius 2 is 2.15 bits per heavy atom. The molecule has 1 unspecified atom stereocenters. The van der Waals surface area contributed by atoms with Crippen molar-refractivity contribution in [2.24, 2.45) is 5.92 Å². The predicted molar refractivity (Wildman–Crippen MR) is 124 cm³/mol. The van der Waals surface area contributed by atoms with E-state index in [0.29, 0.717) is 19.0 Å². The van der Waals surface area contributed by atoms with Gasteiger partial charge in [0.2, 0.25) is 11.8 Å². The van der Waals surface area contributed by atoms with Gasteiger partial charge in [-0.1, -0.05) is 12.1 Å². The van der Waals surface area contributed by atoms with Gasteiger partial charge in [-0.15, -0.1) is 0 Å². The van der Waals surface area contributed by atoms with Crippen LogP contribution in [-0.2, 0) is 27.2 Å². The summed E-state index contributed by atoms with van der Waals surface area (Å²) >= 11 is 0. The molecule has 2 N–H and O–H groups in total. The number of pyridine rings is 2. The van der Waals surface area contributed by atoms with Crippen LogP contribution in [0.2, 0.25) is 0 Å². The predicted octanol–water partition coefficient (Wildman–Crippen LogP) is 2.45. The Hall–Kier alpha value is -3.29. The van der Waals surface area contributed by atoms with Gasteiger partial charge in [-0.25, -0.2) is 4.98 Å². The number of hydrogen-bond donors (Lipinski definition) is 2. The maximum absolute atomic E-state index is 12.7. The van der Waals surface area contributed by atoms with Crippen molar-refractivity contribution in [2.75, 3.05) is 25.0 Å². The summed E-state index contributed by atoms with van der Waals surface area (Å²) in [4.78, 5) is 47.6. The number of nitrogens with one attached hydrogen (secondary N) is 2. The fourth-order valence-corrected chi connectivity index (χ4v) is 4.62. The number of nitrogens with zero attached hydrogens (tertiary/aromatic N) is 3. The van der Waals surface area contributed by atoms with Crippen LogP contribution in [0.3, 0.4) is 0 Å². The zero-order valence-electron chi connectivity index (χ0n) is 19.0. The molecular weight excluding hydrogens is 418 g/mol. The molecule has 2 aromatic heterocycles. The molecule has 0 radical (unpaired) electrons. The average molecular weight is 450 g/mol. The molecule has 1 fully saturated rings. The maximum Gasteiger partial charge on any atom is 0.232 e. The Bertz CT molecular complexity index is 1010. The molecule has 2 atom stereocenters. The van der Waals surface area contributed by atoms with Crippen LogP contribution in [0.15, 0.2) is 36.7 Å². The van der Waals surface area contributed by atoms with Gasteiger partial charge < -0.3 is 15.5 Å². The SMILES string of the molecule is CC(=O)C[C@H](NC(=O)CC(=O)N1CCC(Cc2ccc3c(n2)NCCC3)C1)c1cccnc1. The molecule has 33 heavy (non-hydrogen) atoms. The van der Waals surface area contributed by atoms with E-state index in [1.807, 2.05) is 6.07 Å². The minimum atomic E-state index is -0.480. The first-order chi connectivity index (χ1) is 16.0. The zero-order chi connectivity index (χ0) is 23.2. The van der Waals surface area contributed by atoms with Crippen molar-refractivity contribution in [3.8, 4) is 0 Å². The van der Waals surface area contributed by atoms with Crippen LogP contribution in [0.1, 0.15) is 55.5 Å². The van der Waals surface area contributed by atoms with Gasteiger partial charge in [-0.05, 0) is 61.8 Å². The first-order valence-electron chi connectivity index (χ1n) is 11.7. The smallest absolute Gasteiger partial charge is 0.232 e. The molecule has 8 nitrogen and oxygen atoms in total. The van der Waals surface area contributed by atoms with Gasteiger partial charge in [-0.3, -0.25) is 19.4 Å². The van der Waals surface area contributed by atoms with Gasteiger partial charge in [0.1, 0.15) is 18.0 Å². The Morgan fingerprint density at radius 1 is 1.27 bits per heavy atom. The lowest BCUT2D eigenvalue weighted by Crippen LogP contribution is -2.36. The molecule has 4 rings (SSSR count). The number of amides is 2. The summed E-state index contributed by atoms with van der Waals surface area (Å²) in [5.74, 6) is 0.745. The number of carbonyl (C=O) groups excluding carboxylic acids is 3. The van der Waals surface area contributed by atoms with Crippen molar-refractivity contribution in [2.45, 2.75) is 51.5 Å². The quantitative estimate of drug-likeness (QED) is 0.600. The van der Waals surface area contributed by atoms with Crippen molar-refractivity contribution in [1.29, 1.82) is 0 Å². The normalized spacial score (nSPS) is 18.2. The van der Waals surface area contributed by atoms with Crippen molar-refractivity contribution in [1.82, 2.24) is 20.2 Å². The lowest BCUT2D eigenvalue weighted by molar-refractivity contribution is -0.135. The number of Topliss-reactive ketones (excluding diaryl/α,β-unsaturated/α-hetero) is 1. The second-order valence-corrected chi connectivity index (χ2v) is 9.03. The summed E-state index contributed by atoms with van der Waals surface area (Å²) in [5, 5.41) is 6.21. The number of hydrogen-bond acceptors (Lipinski definition) is 6. The summed E-state index contributed by atoms with van der Waals surface area (Å²) in [5.41, 5.74) is 3.07. The van der Waals surface area contributed by atoms with Crippen LogP contribution in [0.25, 0.3) is 0 Å². The molecule has 174 valence electrons. The maximum atomic E-state index is 12.7. The van der Waals surface area contributed by atoms with E-state index < -0.39 is 6.04 Å². The van der Waals surface area contributed by atoms with Gasteiger partial charge in [0.25, 0.3) is 0 Å². The summed E-state index contributed by atoms with van der Waals surface area (Å²) < 4.78 is 0. The van der Waals surface area contributed by atoms with Gasteiger partial charge in [-0.2, -0.15) is 0 Å². The van der Waals surface area contributed by atoms with E-state index in [2.05, 4.69) is 27.8 Å². The summed E-state index contributed by atoms with van der Waals surface area (Å²) in [7, 11) is 0. The number of fused-ring (bicyclic) bond motifs is 1. The molecule has 1 saturated heterocycles. The number of aromatic nitrogens is 2. The minimum Gasteiger partial charge on any atom is -0.370 e. The minimum absolute atomic E-state index is 0.0381. The van der Waals surface area contributed by atoms with Crippen LogP contribution in [-0.4, -0.2) is 52.1 Å². The molecule has 2 aliphatic heterocycles. The first-order valence-corrected chi connectivity index (χ1v) is 11.7. The number of rotatable bonds is 8. The molecule has 0 spiro atoms. The molecule has 0 aliphatic carbocycles. The third-order valence-corrected chi connectivity index (χ3v) is 6.31. The van der Waals surface area contributed by atoms with Gasteiger partial charge in [0.15, 0.2) is 0 Å². The summed E-state index contributed by atoms with van der Waals surface area (Å²) in [6, 6.07) is 7.35. The number of anilines is 1. The third kappa shape index (κ3) is 6.15. The molecule has 8 heteroatoms. The highest BCUT2D eigenvalue weighted by molar-refractivity contribution is 5.97. The topological polar surface area (TPSA) is 104 Å². The number of carbonyl (C=O) groups is 3. The number of aryl methyl sites for hydroxylation is 1. The average Bonchev–Trinajstić information content (AvgIpc) is 3.27. The number of ketones is 1. The highest BCUT2D eigenvalue weighted by Crippen LogP contribution is 2.24. The molecule has 0 saturated carbocycles. The first kappa shape index (κ1) is 22.9. The fourth-order valence-electron chi connectivity index (χ4n) is 4.62. The number of likely N-dealkylation sites (tertiary alicyclic amines) is 1. The van der Waals surface area contributed by atoms with E-state index >= 15 is 0 Å². The molecule has 2 amide bonds. The van der Waals surface area contributed by atoms with Gasteiger partial charge >= 0.3 is 0 Å². The van der Waals surface area contributed by atoms with E-state index in [9.17, 15) is 14.4 Å². The molecule has 2 aliphatic rings. The standard InChI is InChI=1S/C25H31N5O3/c1-17(31)12-22(20-5-2-9-26-15-20)29-23(32)14-24(33)30-11-8-18(16-30)13-21-7-6-19-4-3-10-27-25(19)28-21/h2,5-7,9,15,18,22H,3-4,8,10-14,16H2,1H3,(H,27,28)(H,29,32)/t18?,22-/m0/s1. The lowest BCUT2D eigenvalue weighted by atomic mass is 10.0. The molecule has 0 aromatic carbocycles. The van der Waals surface area contributed by atoms with Crippen molar-refractivity contribution in [3.05, 3.63) is 53.5 Å². The summed E-state index contributed by atoms with van der Waals surface area (Å²) in [6.07, 6.45) is 7.15. The molecule has 0 bridgehead atoms. The summed E-state index contributed by atoms with van der Waals surface area (Å²) in [6.45, 7) is 3.74. The third-order valence-electron chi connectivity index (χ3n) is 6.31.